The van der Waals surface area contributed by atoms with Crippen LogP contribution in [0.15, 0.2) is 21.4 Å². The Morgan fingerprint density at radius 2 is 2.05 bits per heavy atom. The molecule has 0 fully saturated rings. The highest BCUT2D eigenvalue weighted by atomic mass is 79.9. The lowest BCUT2D eigenvalue weighted by Gasteiger charge is -2.10. The van der Waals surface area contributed by atoms with Gasteiger partial charge in [0.1, 0.15) is 0 Å². The topological polar surface area (TPSA) is 91.4 Å². The number of hydrogen-bond acceptors (Lipinski definition) is 5. The van der Waals surface area contributed by atoms with E-state index in [4.69, 9.17) is 4.74 Å². The number of pyridine rings is 1. The molecule has 8 heteroatoms. The minimum absolute atomic E-state index is 0.0216. The van der Waals surface area contributed by atoms with Gasteiger partial charge in [0.05, 0.1) is 27.6 Å². The van der Waals surface area contributed by atoms with Gasteiger partial charge >= 0.3 is 5.69 Å². The molecule has 104 valence electrons. The Hall–Kier alpha value is -2.22. The fourth-order valence-corrected chi connectivity index (χ4v) is 2.63. The summed E-state index contributed by atoms with van der Waals surface area (Å²) in [5.41, 5.74) is -0.641. The van der Waals surface area contributed by atoms with Gasteiger partial charge in [0, 0.05) is 18.5 Å². The highest BCUT2D eigenvalue weighted by Gasteiger charge is 2.21. The zero-order chi connectivity index (χ0) is 15.0. The van der Waals surface area contributed by atoms with Gasteiger partial charge in [-0.3, -0.25) is 19.7 Å². The number of benzene rings is 1. The number of fused-ring (bicyclic) bond motifs is 1. The van der Waals surface area contributed by atoms with Crippen molar-refractivity contribution < 1.29 is 14.5 Å². The number of ether oxygens (including phenoxy) is 1. The van der Waals surface area contributed by atoms with Gasteiger partial charge < -0.3 is 9.30 Å². The predicted octanol–water partition coefficient (Wildman–Crippen LogP) is 2.03. The molecule has 7 nitrogen and oxygen atoms in total. The first-order valence-electron chi connectivity index (χ1n) is 5.42. The van der Waals surface area contributed by atoms with E-state index in [9.17, 15) is 19.7 Å². The van der Waals surface area contributed by atoms with Crippen molar-refractivity contribution >= 4 is 38.7 Å². The molecule has 2 rings (SSSR count). The first-order valence-corrected chi connectivity index (χ1v) is 6.21. The average molecular weight is 341 g/mol. The second kappa shape index (κ2) is 5.04. The van der Waals surface area contributed by atoms with Crippen LogP contribution in [-0.4, -0.2) is 22.9 Å². The SMILES string of the molecule is COc1cc2c(Br)c(C=O)n(C)c(=O)c2cc1[N+](=O)[O-]. The largest absolute Gasteiger partial charge is 0.490 e. The Bertz CT molecular complexity index is 797. The number of nitrogens with zero attached hydrogens (tertiary/aromatic N) is 2. The van der Waals surface area contributed by atoms with Crippen molar-refractivity contribution in [1.82, 2.24) is 4.57 Å². The molecule has 0 saturated carbocycles. The van der Waals surface area contributed by atoms with Gasteiger partial charge in [-0.15, -0.1) is 0 Å². The predicted molar refractivity (Wildman–Crippen MR) is 75.5 cm³/mol. The number of methoxy groups -OCH3 is 1. The molecule has 0 bridgehead atoms. The number of carbonyl (C=O) groups is 1. The molecule has 0 unspecified atom stereocenters. The molecule has 0 saturated heterocycles. The van der Waals surface area contributed by atoms with E-state index in [1.165, 1.54) is 20.2 Å². The molecule has 1 heterocycles. The monoisotopic (exact) mass is 340 g/mol. The molecular weight excluding hydrogens is 332 g/mol. The summed E-state index contributed by atoms with van der Waals surface area (Å²) in [6.45, 7) is 0. The smallest absolute Gasteiger partial charge is 0.311 e. The Morgan fingerprint density at radius 3 is 2.55 bits per heavy atom. The van der Waals surface area contributed by atoms with Crippen molar-refractivity contribution in [3.8, 4) is 5.75 Å². The maximum Gasteiger partial charge on any atom is 0.311 e. The molecule has 0 radical (unpaired) electrons. The summed E-state index contributed by atoms with van der Waals surface area (Å²) in [5.74, 6) is 0.0216. The third-order valence-electron chi connectivity index (χ3n) is 2.99. The number of carbonyl (C=O) groups excluding carboxylic acids is 1. The van der Waals surface area contributed by atoms with Crippen LogP contribution in [0.2, 0.25) is 0 Å². The van der Waals surface area contributed by atoms with Crippen molar-refractivity contribution in [2.75, 3.05) is 7.11 Å². The molecule has 0 aliphatic rings. The summed E-state index contributed by atoms with van der Waals surface area (Å²) in [6.07, 6.45) is 0.540. The molecule has 0 amide bonds. The lowest BCUT2D eigenvalue weighted by molar-refractivity contribution is -0.385. The maximum atomic E-state index is 12.2. The molecular formula is C12H9BrN2O5. The first kappa shape index (κ1) is 14.2. The number of hydrogen-bond donors (Lipinski definition) is 0. The Balaban J connectivity index is 3.04. The molecule has 0 aliphatic carbocycles. The minimum Gasteiger partial charge on any atom is -0.490 e. The maximum absolute atomic E-state index is 12.2. The molecule has 0 aliphatic heterocycles. The van der Waals surface area contributed by atoms with Gasteiger partial charge in [-0.2, -0.15) is 0 Å². The van der Waals surface area contributed by atoms with E-state index >= 15 is 0 Å². The zero-order valence-electron chi connectivity index (χ0n) is 10.5. The molecule has 0 N–H and O–H groups in total. The van der Waals surface area contributed by atoms with Gasteiger partial charge in [0.25, 0.3) is 5.56 Å². The molecule has 20 heavy (non-hydrogen) atoms. The van der Waals surface area contributed by atoms with Crippen molar-refractivity contribution in [3.63, 3.8) is 0 Å². The Morgan fingerprint density at radius 1 is 1.40 bits per heavy atom. The molecule has 0 spiro atoms. The summed E-state index contributed by atoms with van der Waals surface area (Å²) in [6, 6.07) is 2.52. The fourth-order valence-electron chi connectivity index (χ4n) is 1.94. The minimum atomic E-state index is -0.626. The highest BCUT2D eigenvalue weighted by Crippen LogP contribution is 2.34. The van der Waals surface area contributed by atoms with Crippen LogP contribution < -0.4 is 10.3 Å². The van der Waals surface area contributed by atoms with Crippen LogP contribution in [-0.2, 0) is 7.05 Å². The van der Waals surface area contributed by atoms with Crippen LogP contribution in [0.5, 0.6) is 5.75 Å². The highest BCUT2D eigenvalue weighted by molar-refractivity contribution is 9.10. The second-order valence-corrected chi connectivity index (χ2v) is 4.80. The molecule has 0 atom stereocenters. The van der Waals surface area contributed by atoms with E-state index in [0.29, 0.717) is 16.1 Å². The molecule has 1 aromatic carbocycles. The lowest BCUT2D eigenvalue weighted by Crippen LogP contribution is -2.21. The summed E-state index contributed by atoms with van der Waals surface area (Å²) in [4.78, 5) is 33.6. The van der Waals surface area contributed by atoms with Crippen LogP contribution in [0.3, 0.4) is 0 Å². The normalized spacial score (nSPS) is 10.6. The van der Waals surface area contributed by atoms with Gasteiger partial charge in [0.15, 0.2) is 12.0 Å². The van der Waals surface area contributed by atoms with Crippen molar-refractivity contribution in [2.45, 2.75) is 0 Å². The van der Waals surface area contributed by atoms with Gasteiger partial charge in [-0.05, 0) is 22.0 Å². The standard InChI is InChI=1S/C12H9BrN2O5/c1-14-9(5-16)11(13)6-4-10(20-2)8(15(18)19)3-7(6)12(14)17/h3-5H,1-2H3. The molecule has 1 aromatic heterocycles. The van der Waals surface area contributed by atoms with E-state index in [1.54, 1.807) is 0 Å². The number of rotatable bonds is 3. The number of nitro groups is 1. The third-order valence-corrected chi connectivity index (χ3v) is 3.82. The fraction of sp³-hybridized carbons (Fsp3) is 0.167. The van der Waals surface area contributed by atoms with Crippen LogP contribution in [0.4, 0.5) is 5.69 Å². The molecule has 2 aromatic rings. The lowest BCUT2D eigenvalue weighted by atomic mass is 10.1. The quantitative estimate of drug-likeness (QED) is 0.484. The van der Waals surface area contributed by atoms with Gasteiger partial charge in [-0.25, -0.2) is 0 Å². The summed E-state index contributed by atoms with van der Waals surface area (Å²) in [5, 5.41) is 11.5. The van der Waals surface area contributed by atoms with Crippen LogP contribution in [0, 0.1) is 10.1 Å². The van der Waals surface area contributed by atoms with Crippen LogP contribution >= 0.6 is 15.9 Å². The van der Waals surface area contributed by atoms with E-state index in [1.807, 2.05) is 0 Å². The number of aldehydes is 1. The van der Waals surface area contributed by atoms with E-state index in [-0.39, 0.29) is 22.5 Å². The Kier molecular flexibility index (Phi) is 3.58. The summed E-state index contributed by atoms with van der Waals surface area (Å²) >= 11 is 3.24. The van der Waals surface area contributed by atoms with Crippen LogP contribution in [0.25, 0.3) is 10.8 Å². The summed E-state index contributed by atoms with van der Waals surface area (Å²) < 4.78 is 6.48. The van der Waals surface area contributed by atoms with E-state index in [0.717, 1.165) is 10.6 Å². The van der Waals surface area contributed by atoms with Crippen molar-refractivity contribution in [3.05, 3.63) is 42.8 Å². The van der Waals surface area contributed by atoms with E-state index in [2.05, 4.69) is 15.9 Å². The van der Waals surface area contributed by atoms with Crippen LogP contribution in [0.1, 0.15) is 10.5 Å². The zero-order valence-corrected chi connectivity index (χ0v) is 12.1. The third kappa shape index (κ3) is 1.97. The van der Waals surface area contributed by atoms with Gasteiger partial charge in [-0.1, -0.05) is 0 Å². The summed E-state index contributed by atoms with van der Waals surface area (Å²) in [7, 11) is 2.72. The van der Waals surface area contributed by atoms with Crippen molar-refractivity contribution in [1.29, 1.82) is 0 Å². The number of nitro benzene ring substituents is 1. The first-order chi connectivity index (χ1) is 9.42. The van der Waals surface area contributed by atoms with Crippen molar-refractivity contribution in [2.24, 2.45) is 7.05 Å². The number of halogens is 1. The number of aromatic nitrogens is 1. The average Bonchev–Trinajstić information content (AvgIpc) is 2.44. The van der Waals surface area contributed by atoms with E-state index < -0.39 is 10.5 Å². The second-order valence-electron chi connectivity index (χ2n) is 4.01. The van der Waals surface area contributed by atoms with Gasteiger partial charge in [0.2, 0.25) is 0 Å². The Labute approximate surface area is 121 Å².